The fourth-order valence-corrected chi connectivity index (χ4v) is 3.07. The molecule has 1 atom stereocenters. The Morgan fingerprint density at radius 3 is 2.68 bits per heavy atom. The molecule has 140 valence electrons. The van der Waals surface area contributed by atoms with Gasteiger partial charge in [0.2, 0.25) is 5.76 Å². The van der Waals surface area contributed by atoms with E-state index in [1.807, 2.05) is 0 Å². The average Bonchev–Trinajstić information content (AvgIpc) is 3.09. The lowest BCUT2D eigenvalue weighted by molar-refractivity contribution is -0.118. The van der Waals surface area contributed by atoms with Gasteiger partial charge in [0.15, 0.2) is 11.7 Å². The maximum Gasteiger partial charge on any atom is 0.227 e. The summed E-state index contributed by atoms with van der Waals surface area (Å²) >= 11 is 0. The lowest BCUT2D eigenvalue weighted by Gasteiger charge is -2.10. The van der Waals surface area contributed by atoms with Crippen molar-refractivity contribution in [3.63, 3.8) is 0 Å². The highest BCUT2D eigenvalue weighted by Gasteiger charge is 2.21. The van der Waals surface area contributed by atoms with E-state index in [9.17, 15) is 14.7 Å². The van der Waals surface area contributed by atoms with Crippen LogP contribution in [0.3, 0.4) is 0 Å². The van der Waals surface area contributed by atoms with E-state index < -0.39 is 5.76 Å². The average molecular weight is 348 g/mol. The molecule has 1 aliphatic rings. The summed E-state index contributed by atoms with van der Waals surface area (Å²) < 4.78 is 0. The first-order chi connectivity index (χ1) is 12.0. The number of nitrogens with one attached hydrogen (secondary N) is 2. The Morgan fingerprint density at radius 1 is 1.28 bits per heavy atom. The van der Waals surface area contributed by atoms with Gasteiger partial charge in [-0.05, 0) is 31.6 Å². The molecule has 0 aromatic rings. The first kappa shape index (κ1) is 21.2. The number of aliphatic hydroxyl groups excluding tert-OH is 1. The Morgan fingerprint density at radius 2 is 2.00 bits per heavy atom. The van der Waals surface area contributed by atoms with E-state index in [4.69, 9.17) is 5.41 Å². The number of rotatable bonds is 13. The monoisotopic (exact) mass is 348 g/mol. The molecule has 1 aliphatic carbocycles. The predicted octanol–water partition coefficient (Wildman–Crippen LogP) is 4.26. The molecule has 1 rings (SSSR count). The Balaban J connectivity index is 2.27. The second-order valence-corrected chi connectivity index (χ2v) is 6.99. The van der Waals surface area contributed by atoms with Crippen molar-refractivity contribution in [3.8, 4) is 0 Å². The molecule has 0 amide bonds. The minimum atomic E-state index is -0.667. The van der Waals surface area contributed by atoms with E-state index in [1.54, 1.807) is 0 Å². The molecular weight excluding hydrogens is 316 g/mol. The number of hydrogen-bond donors (Lipinski definition) is 3. The highest BCUT2D eigenvalue weighted by atomic mass is 16.3. The number of hydrogen-bond acceptors (Lipinski definition) is 5. The first-order valence-corrected chi connectivity index (χ1v) is 9.50. The molecule has 0 aliphatic heterocycles. The van der Waals surface area contributed by atoms with E-state index in [-0.39, 0.29) is 18.0 Å². The highest BCUT2D eigenvalue weighted by molar-refractivity contribution is 6.13. The zero-order valence-electron chi connectivity index (χ0n) is 15.6. The van der Waals surface area contributed by atoms with Gasteiger partial charge in [-0.1, -0.05) is 46.0 Å². The van der Waals surface area contributed by atoms with Crippen LogP contribution in [0.2, 0.25) is 0 Å². The van der Waals surface area contributed by atoms with Gasteiger partial charge in [-0.15, -0.1) is 0 Å². The van der Waals surface area contributed by atoms with Crippen LogP contribution in [0.25, 0.3) is 0 Å². The maximum absolute atomic E-state index is 12.0. The van der Waals surface area contributed by atoms with Crippen LogP contribution in [-0.4, -0.2) is 29.1 Å². The molecule has 0 radical (unpaired) electrons. The lowest BCUT2D eigenvalue weighted by atomic mass is 10.00. The van der Waals surface area contributed by atoms with Crippen molar-refractivity contribution >= 4 is 17.4 Å². The Bertz CT molecular complexity index is 545. The molecule has 0 fully saturated rings. The molecule has 25 heavy (non-hydrogen) atoms. The van der Waals surface area contributed by atoms with Crippen molar-refractivity contribution in [2.75, 3.05) is 6.54 Å². The summed E-state index contributed by atoms with van der Waals surface area (Å²) in [5, 5.41) is 20.3. The zero-order valence-corrected chi connectivity index (χ0v) is 15.6. The van der Waals surface area contributed by atoms with Gasteiger partial charge < -0.3 is 10.4 Å². The van der Waals surface area contributed by atoms with Crippen molar-refractivity contribution < 1.29 is 14.7 Å². The summed E-state index contributed by atoms with van der Waals surface area (Å²) in [5.41, 5.74) is 1.25. The van der Waals surface area contributed by atoms with Gasteiger partial charge in [0.25, 0.3) is 0 Å². The molecule has 0 aromatic carbocycles. The van der Waals surface area contributed by atoms with Crippen LogP contribution in [0.1, 0.15) is 78.1 Å². The molecule has 0 aromatic heterocycles. The minimum Gasteiger partial charge on any atom is -0.497 e. The third kappa shape index (κ3) is 7.70. The number of ketones is 1. The minimum absolute atomic E-state index is 0.169. The summed E-state index contributed by atoms with van der Waals surface area (Å²) in [4.78, 5) is 22.5. The Kier molecular flexibility index (Phi) is 9.86. The number of aliphatic hydroxyl groups is 1. The van der Waals surface area contributed by atoms with Crippen LogP contribution in [0.5, 0.6) is 0 Å². The largest absolute Gasteiger partial charge is 0.497 e. The van der Waals surface area contributed by atoms with Crippen molar-refractivity contribution in [3.05, 3.63) is 17.0 Å². The van der Waals surface area contributed by atoms with E-state index in [2.05, 4.69) is 19.2 Å². The number of Topliss-reactive ketones (excluding diaryl/α,β-unsaturated/α-hetero) is 1. The van der Waals surface area contributed by atoms with Gasteiger partial charge in [0.05, 0.1) is 6.54 Å². The van der Waals surface area contributed by atoms with Gasteiger partial charge in [0, 0.05) is 17.7 Å². The second kappa shape index (κ2) is 11.6. The smallest absolute Gasteiger partial charge is 0.227 e. The Labute approximate surface area is 151 Å². The second-order valence-electron chi connectivity index (χ2n) is 6.99. The fourth-order valence-electron chi connectivity index (χ4n) is 3.07. The molecule has 0 bridgehead atoms. The van der Waals surface area contributed by atoms with Crippen LogP contribution in [0.15, 0.2) is 17.0 Å². The lowest BCUT2D eigenvalue weighted by Crippen LogP contribution is -2.23. The zero-order chi connectivity index (χ0) is 18.7. The number of allylic oxidation sites excluding steroid dienone is 2. The Hall–Kier alpha value is -1.87. The van der Waals surface area contributed by atoms with Crippen LogP contribution in [-0.2, 0) is 9.59 Å². The first-order valence-electron chi connectivity index (χ1n) is 9.50. The highest BCUT2D eigenvalue weighted by Crippen LogP contribution is 2.26. The molecule has 3 N–H and O–H groups in total. The molecule has 0 spiro atoms. The van der Waals surface area contributed by atoms with Crippen LogP contribution in [0.4, 0.5) is 0 Å². The summed E-state index contributed by atoms with van der Waals surface area (Å²) in [6.45, 7) is 4.76. The third-order valence-corrected chi connectivity index (χ3v) is 4.95. The van der Waals surface area contributed by atoms with E-state index in [0.29, 0.717) is 18.4 Å². The summed E-state index contributed by atoms with van der Waals surface area (Å²) in [7, 11) is 0. The van der Waals surface area contributed by atoms with Crippen molar-refractivity contribution in [2.24, 2.45) is 5.92 Å². The molecule has 0 heterocycles. The van der Waals surface area contributed by atoms with Gasteiger partial charge in [0.1, 0.15) is 5.71 Å². The van der Waals surface area contributed by atoms with Crippen molar-refractivity contribution in [2.45, 2.75) is 78.1 Å². The van der Waals surface area contributed by atoms with Gasteiger partial charge in [-0.25, -0.2) is 4.79 Å². The predicted molar refractivity (Wildman–Crippen MR) is 101 cm³/mol. The third-order valence-electron chi connectivity index (χ3n) is 4.95. The van der Waals surface area contributed by atoms with E-state index in [0.717, 1.165) is 37.3 Å². The SMILES string of the molecule is CCC(C)CCCCCCC(=O)CNC1=C(C(=N)C(O)=C=O)CCC1. The fraction of sp³-hybridized carbons (Fsp3) is 0.700. The maximum atomic E-state index is 12.0. The number of unbranched alkanes of at least 4 members (excludes halogenated alkanes) is 3. The molecule has 0 saturated carbocycles. The van der Waals surface area contributed by atoms with Crippen LogP contribution >= 0.6 is 0 Å². The van der Waals surface area contributed by atoms with Crippen molar-refractivity contribution in [1.82, 2.24) is 5.32 Å². The molecule has 0 saturated heterocycles. The number of carbonyl (C=O) groups is 1. The van der Waals surface area contributed by atoms with E-state index in [1.165, 1.54) is 31.6 Å². The number of carbonyl (C=O) groups excluding carboxylic acids is 2. The topological polar surface area (TPSA) is 90.2 Å². The summed E-state index contributed by atoms with van der Waals surface area (Å²) in [5.74, 6) is 1.65. The molecule has 5 nitrogen and oxygen atoms in total. The van der Waals surface area contributed by atoms with E-state index >= 15 is 0 Å². The molecular formula is C20H32N2O3. The molecule has 5 heteroatoms. The van der Waals surface area contributed by atoms with Gasteiger partial charge in [-0.2, -0.15) is 0 Å². The van der Waals surface area contributed by atoms with Crippen LogP contribution in [0, 0.1) is 11.3 Å². The standard InChI is InChI=1S/C20H32N2O3/c1-3-15(2)9-6-4-5-7-10-16(24)13-22-18-12-8-11-17(18)20(21)19(25)14-23/h15,21-22,25H,3-13H2,1-2H3. The quantitative estimate of drug-likeness (QED) is 0.201. The molecule has 1 unspecified atom stereocenters. The van der Waals surface area contributed by atoms with Gasteiger partial charge >= 0.3 is 0 Å². The van der Waals surface area contributed by atoms with Gasteiger partial charge in [-0.3, -0.25) is 10.2 Å². The summed E-state index contributed by atoms with van der Waals surface area (Å²) in [6.07, 6.45) is 9.78. The van der Waals surface area contributed by atoms with Crippen molar-refractivity contribution in [1.29, 1.82) is 5.41 Å². The normalized spacial score (nSPS) is 15.0. The summed E-state index contributed by atoms with van der Waals surface area (Å²) in [6, 6.07) is 0. The van der Waals surface area contributed by atoms with Crippen LogP contribution < -0.4 is 5.32 Å².